The maximum absolute atomic E-state index is 12.9. The summed E-state index contributed by atoms with van der Waals surface area (Å²) in [5, 5.41) is 5.33. The molecule has 0 fully saturated rings. The number of methoxy groups -OCH3 is 1. The van der Waals surface area contributed by atoms with Gasteiger partial charge in [-0.3, -0.25) is 4.79 Å². The number of amides is 1. The zero-order valence-corrected chi connectivity index (χ0v) is 14.3. The van der Waals surface area contributed by atoms with Crippen molar-refractivity contribution in [1.29, 1.82) is 0 Å². The Kier molecular flexibility index (Phi) is 6.32. The van der Waals surface area contributed by atoms with Crippen LogP contribution in [0.4, 0.5) is 24.5 Å². The zero-order chi connectivity index (χ0) is 19.2. The number of carbonyl (C=O) groups excluding carboxylic acids is 1. The molecule has 0 unspecified atom stereocenters. The molecular weight excluding hydrogens is 349 g/mol. The molecule has 2 N–H and O–H groups in total. The van der Waals surface area contributed by atoms with E-state index in [1.807, 2.05) is 0 Å². The van der Waals surface area contributed by atoms with Crippen molar-refractivity contribution in [3.8, 4) is 11.5 Å². The molecule has 2 aromatic rings. The van der Waals surface area contributed by atoms with Crippen LogP contribution in [0.5, 0.6) is 11.5 Å². The van der Waals surface area contributed by atoms with E-state index >= 15 is 0 Å². The predicted molar refractivity (Wildman–Crippen MR) is 92.7 cm³/mol. The molecule has 2 aromatic carbocycles. The third-order valence-corrected chi connectivity index (χ3v) is 3.42. The summed E-state index contributed by atoms with van der Waals surface area (Å²) in [7, 11) is 1.53. The average molecular weight is 368 g/mol. The number of halogens is 3. The molecule has 5 nitrogen and oxygen atoms in total. The molecule has 26 heavy (non-hydrogen) atoms. The van der Waals surface area contributed by atoms with Crippen molar-refractivity contribution in [2.75, 3.05) is 30.9 Å². The minimum absolute atomic E-state index is 0.103. The maximum atomic E-state index is 12.9. The first-order valence-electron chi connectivity index (χ1n) is 7.85. The molecule has 0 atom stereocenters. The quantitative estimate of drug-likeness (QED) is 0.770. The van der Waals surface area contributed by atoms with Crippen molar-refractivity contribution in [1.82, 2.24) is 0 Å². The van der Waals surface area contributed by atoms with Crippen molar-refractivity contribution < 1.29 is 27.4 Å². The standard InChI is InChI=1S/C18H19F3N2O3/c1-3-26-16-9-4-12(18(19,20)21)10-15(16)22-11-17(24)23-13-5-7-14(25-2)8-6-13/h4-10,22H,3,11H2,1-2H3,(H,23,24). The van der Waals surface area contributed by atoms with Gasteiger partial charge >= 0.3 is 6.18 Å². The molecule has 0 radical (unpaired) electrons. The number of carbonyl (C=O) groups is 1. The van der Waals surface area contributed by atoms with Gasteiger partial charge in [-0.05, 0) is 49.4 Å². The van der Waals surface area contributed by atoms with Gasteiger partial charge < -0.3 is 20.1 Å². The smallest absolute Gasteiger partial charge is 0.416 e. The molecule has 0 bridgehead atoms. The largest absolute Gasteiger partial charge is 0.497 e. The molecule has 0 aliphatic heterocycles. The highest BCUT2D eigenvalue weighted by molar-refractivity contribution is 5.94. The summed E-state index contributed by atoms with van der Waals surface area (Å²) in [5.41, 5.74) is -0.169. The van der Waals surface area contributed by atoms with Crippen LogP contribution < -0.4 is 20.1 Å². The Bertz CT molecular complexity index is 746. The Morgan fingerprint density at radius 1 is 1.12 bits per heavy atom. The number of ether oxygens (including phenoxy) is 2. The maximum Gasteiger partial charge on any atom is 0.416 e. The van der Waals surface area contributed by atoms with Gasteiger partial charge in [0.25, 0.3) is 0 Å². The van der Waals surface area contributed by atoms with E-state index in [2.05, 4.69) is 10.6 Å². The van der Waals surface area contributed by atoms with Crippen LogP contribution in [0.25, 0.3) is 0 Å². The number of anilines is 2. The third-order valence-electron chi connectivity index (χ3n) is 3.42. The SMILES string of the molecule is CCOc1ccc(C(F)(F)F)cc1NCC(=O)Nc1ccc(OC)cc1. The third kappa shape index (κ3) is 5.30. The molecule has 0 spiro atoms. The van der Waals surface area contributed by atoms with Gasteiger partial charge in [0.2, 0.25) is 5.91 Å². The second-order valence-corrected chi connectivity index (χ2v) is 5.27. The lowest BCUT2D eigenvalue weighted by Crippen LogP contribution is -2.22. The molecule has 0 aliphatic rings. The summed E-state index contributed by atoms with van der Waals surface area (Å²) >= 11 is 0. The first-order chi connectivity index (χ1) is 12.3. The average Bonchev–Trinajstić information content (AvgIpc) is 2.61. The van der Waals surface area contributed by atoms with E-state index in [0.29, 0.717) is 11.4 Å². The highest BCUT2D eigenvalue weighted by atomic mass is 19.4. The van der Waals surface area contributed by atoms with E-state index < -0.39 is 17.6 Å². The Morgan fingerprint density at radius 2 is 1.81 bits per heavy atom. The first-order valence-corrected chi connectivity index (χ1v) is 7.85. The van der Waals surface area contributed by atoms with Crippen LogP contribution in [-0.4, -0.2) is 26.2 Å². The van der Waals surface area contributed by atoms with Crippen LogP contribution in [0.2, 0.25) is 0 Å². The number of nitrogens with one attached hydrogen (secondary N) is 2. The van der Waals surface area contributed by atoms with Crippen molar-refractivity contribution in [3.05, 3.63) is 48.0 Å². The number of benzene rings is 2. The van der Waals surface area contributed by atoms with Crippen molar-refractivity contribution in [3.63, 3.8) is 0 Å². The fourth-order valence-electron chi connectivity index (χ4n) is 2.18. The van der Waals surface area contributed by atoms with Gasteiger partial charge in [-0.25, -0.2) is 0 Å². The summed E-state index contributed by atoms with van der Waals surface area (Å²) in [5.74, 6) is 0.485. The Balaban J connectivity index is 2.05. The fraction of sp³-hybridized carbons (Fsp3) is 0.278. The highest BCUT2D eigenvalue weighted by Crippen LogP contribution is 2.35. The van der Waals surface area contributed by atoms with Crippen molar-refractivity contribution in [2.24, 2.45) is 0 Å². The van der Waals surface area contributed by atoms with Gasteiger partial charge in [0.1, 0.15) is 11.5 Å². The number of hydrogen-bond donors (Lipinski definition) is 2. The van der Waals surface area contributed by atoms with E-state index in [0.717, 1.165) is 12.1 Å². The van der Waals surface area contributed by atoms with Crippen LogP contribution in [0.1, 0.15) is 12.5 Å². The van der Waals surface area contributed by atoms with Gasteiger partial charge in [-0.2, -0.15) is 13.2 Å². The summed E-state index contributed by atoms with van der Waals surface area (Å²) in [6.45, 7) is 1.79. The number of alkyl halides is 3. The van der Waals surface area contributed by atoms with E-state index in [4.69, 9.17) is 9.47 Å². The van der Waals surface area contributed by atoms with Crippen LogP contribution in [0, 0.1) is 0 Å². The number of hydrogen-bond acceptors (Lipinski definition) is 4. The minimum atomic E-state index is -4.48. The van der Waals surface area contributed by atoms with E-state index in [9.17, 15) is 18.0 Å². The van der Waals surface area contributed by atoms with Gasteiger partial charge in [0.15, 0.2) is 0 Å². The highest BCUT2D eigenvalue weighted by Gasteiger charge is 2.31. The summed E-state index contributed by atoms with van der Waals surface area (Å²) in [4.78, 5) is 12.0. The molecule has 1 amide bonds. The summed E-state index contributed by atoms with van der Waals surface area (Å²) < 4.78 is 49.0. The molecule has 140 valence electrons. The molecule has 0 heterocycles. The second-order valence-electron chi connectivity index (χ2n) is 5.27. The van der Waals surface area contributed by atoms with Crippen molar-refractivity contribution in [2.45, 2.75) is 13.1 Å². The molecule has 2 rings (SSSR count). The lowest BCUT2D eigenvalue weighted by molar-refractivity contribution is -0.137. The summed E-state index contributed by atoms with van der Waals surface area (Å²) in [6, 6.07) is 9.78. The van der Waals surface area contributed by atoms with Crippen LogP contribution in [0.3, 0.4) is 0 Å². The normalized spacial score (nSPS) is 11.0. The summed E-state index contributed by atoms with van der Waals surface area (Å²) in [6.07, 6.45) is -4.48. The van der Waals surface area contributed by atoms with Crippen LogP contribution in [-0.2, 0) is 11.0 Å². The molecule has 0 aliphatic carbocycles. The van der Waals surface area contributed by atoms with Crippen LogP contribution >= 0.6 is 0 Å². The second kappa shape index (κ2) is 8.46. The van der Waals surface area contributed by atoms with Crippen LogP contribution in [0.15, 0.2) is 42.5 Å². The van der Waals surface area contributed by atoms with E-state index in [-0.39, 0.29) is 24.6 Å². The van der Waals surface area contributed by atoms with Crippen molar-refractivity contribution >= 4 is 17.3 Å². The predicted octanol–water partition coefficient (Wildman–Crippen LogP) is 4.16. The molecular formula is C18H19F3N2O3. The molecule has 0 saturated carbocycles. The Hall–Kier alpha value is -2.90. The van der Waals surface area contributed by atoms with Gasteiger partial charge in [-0.15, -0.1) is 0 Å². The van der Waals surface area contributed by atoms with E-state index in [1.165, 1.54) is 13.2 Å². The van der Waals surface area contributed by atoms with Gasteiger partial charge in [0, 0.05) is 5.69 Å². The lowest BCUT2D eigenvalue weighted by Gasteiger charge is -2.15. The van der Waals surface area contributed by atoms with E-state index in [1.54, 1.807) is 31.2 Å². The van der Waals surface area contributed by atoms with Gasteiger partial charge in [0.05, 0.1) is 31.5 Å². The Labute approximate surface area is 149 Å². The first kappa shape index (κ1) is 19.4. The topological polar surface area (TPSA) is 59.6 Å². The zero-order valence-electron chi connectivity index (χ0n) is 14.3. The molecule has 0 aromatic heterocycles. The van der Waals surface area contributed by atoms with Gasteiger partial charge in [-0.1, -0.05) is 0 Å². The molecule has 8 heteroatoms. The molecule has 0 saturated heterocycles. The lowest BCUT2D eigenvalue weighted by atomic mass is 10.1. The fourth-order valence-corrected chi connectivity index (χ4v) is 2.18. The monoisotopic (exact) mass is 368 g/mol. The number of rotatable bonds is 7. The minimum Gasteiger partial charge on any atom is -0.497 e. The Morgan fingerprint density at radius 3 is 2.38 bits per heavy atom.